The Labute approximate surface area is 97.6 Å². The second-order valence-electron chi connectivity index (χ2n) is 4.51. The van der Waals surface area contributed by atoms with Gasteiger partial charge in [-0.1, -0.05) is 12.2 Å². The Kier molecular flexibility index (Phi) is 4.62. The fraction of sp³-hybridized carbons (Fsp3) is 0.615. The van der Waals surface area contributed by atoms with Crippen LogP contribution in [0.3, 0.4) is 0 Å². The van der Waals surface area contributed by atoms with Crippen LogP contribution in [-0.4, -0.2) is 22.6 Å². The van der Waals surface area contributed by atoms with Crippen molar-refractivity contribution in [3.63, 3.8) is 0 Å². The summed E-state index contributed by atoms with van der Waals surface area (Å²) in [6, 6.07) is 0. The lowest BCUT2D eigenvalue weighted by molar-refractivity contribution is 0.434. The van der Waals surface area contributed by atoms with Crippen molar-refractivity contribution in [3.8, 4) is 0 Å². The molecule has 1 aromatic heterocycles. The summed E-state index contributed by atoms with van der Waals surface area (Å²) in [5.41, 5.74) is 0. The van der Waals surface area contributed by atoms with Crippen LogP contribution in [0.25, 0.3) is 0 Å². The monoisotopic (exact) mass is 219 g/mol. The van der Waals surface area contributed by atoms with E-state index in [1.807, 2.05) is 18.7 Å². The molecule has 0 radical (unpaired) electrons. The Morgan fingerprint density at radius 1 is 1.38 bits per heavy atom. The number of allylic oxidation sites excluding steroid dienone is 2. The molecule has 88 valence electrons. The van der Waals surface area contributed by atoms with Crippen LogP contribution >= 0.6 is 0 Å². The third-order valence-electron chi connectivity index (χ3n) is 3.14. The van der Waals surface area contributed by atoms with E-state index in [2.05, 4.69) is 27.0 Å². The van der Waals surface area contributed by atoms with Crippen molar-refractivity contribution in [2.45, 2.75) is 32.2 Å². The topological polar surface area (TPSA) is 29.9 Å². The number of imidazole rings is 1. The van der Waals surface area contributed by atoms with Gasteiger partial charge in [-0.3, -0.25) is 0 Å². The summed E-state index contributed by atoms with van der Waals surface area (Å²) < 4.78 is 2.13. The van der Waals surface area contributed by atoms with Gasteiger partial charge >= 0.3 is 0 Å². The average molecular weight is 219 g/mol. The number of aryl methyl sites for hydroxylation is 1. The summed E-state index contributed by atoms with van der Waals surface area (Å²) in [4.78, 5) is 4.03. The molecule has 1 aliphatic rings. The molecule has 1 heterocycles. The third-order valence-corrected chi connectivity index (χ3v) is 3.14. The van der Waals surface area contributed by atoms with Crippen molar-refractivity contribution < 1.29 is 0 Å². The summed E-state index contributed by atoms with van der Waals surface area (Å²) in [5, 5.41) is 3.55. The van der Waals surface area contributed by atoms with E-state index >= 15 is 0 Å². The van der Waals surface area contributed by atoms with E-state index in [-0.39, 0.29) is 0 Å². The molecule has 1 aliphatic carbocycles. The molecular weight excluding hydrogens is 198 g/mol. The second-order valence-corrected chi connectivity index (χ2v) is 4.51. The molecule has 0 bridgehead atoms. The van der Waals surface area contributed by atoms with E-state index in [0.717, 1.165) is 19.0 Å². The normalized spacial score (nSPS) is 20.1. The lowest BCUT2D eigenvalue weighted by atomic mass is 9.94. The highest BCUT2D eigenvalue weighted by atomic mass is 15.0. The van der Waals surface area contributed by atoms with Crippen molar-refractivity contribution in [2.75, 3.05) is 13.1 Å². The van der Waals surface area contributed by atoms with E-state index in [1.54, 1.807) is 0 Å². The van der Waals surface area contributed by atoms with Crippen LogP contribution in [0.1, 0.15) is 25.7 Å². The number of nitrogens with one attached hydrogen (secondary N) is 1. The van der Waals surface area contributed by atoms with Gasteiger partial charge in [0.25, 0.3) is 0 Å². The molecule has 1 N–H and O–H groups in total. The molecule has 3 heteroatoms. The fourth-order valence-electron chi connectivity index (χ4n) is 2.15. The van der Waals surface area contributed by atoms with Gasteiger partial charge in [0.05, 0.1) is 6.33 Å². The smallest absolute Gasteiger partial charge is 0.0945 e. The molecule has 0 fully saturated rings. The molecule has 0 amide bonds. The SMILES string of the molecule is C1=CCC(CNCCCn2ccnc2)CC1. The summed E-state index contributed by atoms with van der Waals surface area (Å²) in [6.45, 7) is 3.35. The van der Waals surface area contributed by atoms with E-state index in [0.29, 0.717) is 0 Å². The molecular formula is C13H21N3. The summed E-state index contributed by atoms with van der Waals surface area (Å²) in [7, 11) is 0. The quantitative estimate of drug-likeness (QED) is 0.587. The Balaban J connectivity index is 1.50. The maximum absolute atomic E-state index is 4.03. The first-order valence-corrected chi connectivity index (χ1v) is 6.26. The van der Waals surface area contributed by atoms with Crippen LogP contribution < -0.4 is 5.32 Å². The van der Waals surface area contributed by atoms with Crippen molar-refractivity contribution in [2.24, 2.45) is 5.92 Å². The van der Waals surface area contributed by atoms with Crippen LogP contribution in [0.4, 0.5) is 0 Å². The van der Waals surface area contributed by atoms with Crippen molar-refractivity contribution in [1.29, 1.82) is 0 Å². The Morgan fingerprint density at radius 3 is 3.12 bits per heavy atom. The maximum Gasteiger partial charge on any atom is 0.0945 e. The van der Waals surface area contributed by atoms with Crippen LogP contribution in [0.15, 0.2) is 30.9 Å². The molecule has 0 aliphatic heterocycles. The minimum atomic E-state index is 0.859. The minimum Gasteiger partial charge on any atom is -0.337 e. The van der Waals surface area contributed by atoms with Gasteiger partial charge in [0.2, 0.25) is 0 Å². The predicted molar refractivity (Wildman–Crippen MR) is 66.2 cm³/mol. The van der Waals surface area contributed by atoms with Crippen molar-refractivity contribution >= 4 is 0 Å². The molecule has 3 nitrogen and oxygen atoms in total. The highest BCUT2D eigenvalue weighted by Gasteiger charge is 2.08. The molecule has 1 atom stereocenters. The zero-order chi connectivity index (χ0) is 11.1. The van der Waals surface area contributed by atoms with Gasteiger partial charge in [0.1, 0.15) is 0 Å². The summed E-state index contributed by atoms with van der Waals surface area (Å²) in [5.74, 6) is 0.859. The van der Waals surface area contributed by atoms with E-state index in [1.165, 1.54) is 32.2 Å². The molecule has 0 aromatic carbocycles. The summed E-state index contributed by atoms with van der Waals surface area (Å²) in [6.07, 6.45) is 15.4. The van der Waals surface area contributed by atoms with Gasteiger partial charge in [-0.25, -0.2) is 4.98 Å². The zero-order valence-electron chi connectivity index (χ0n) is 9.81. The number of hydrogen-bond acceptors (Lipinski definition) is 2. The Bertz CT molecular complexity index is 303. The Hall–Kier alpha value is -1.09. The number of aromatic nitrogens is 2. The van der Waals surface area contributed by atoms with E-state index in [9.17, 15) is 0 Å². The molecule has 1 aromatic rings. The molecule has 0 spiro atoms. The van der Waals surface area contributed by atoms with Gasteiger partial charge in [0, 0.05) is 18.9 Å². The molecule has 1 unspecified atom stereocenters. The maximum atomic E-state index is 4.03. The lowest BCUT2D eigenvalue weighted by Crippen LogP contribution is -2.25. The largest absolute Gasteiger partial charge is 0.337 e. The highest BCUT2D eigenvalue weighted by molar-refractivity contribution is 4.90. The van der Waals surface area contributed by atoms with Crippen LogP contribution in [0.2, 0.25) is 0 Å². The van der Waals surface area contributed by atoms with Gasteiger partial charge in [-0.2, -0.15) is 0 Å². The third kappa shape index (κ3) is 3.81. The van der Waals surface area contributed by atoms with Gasteiger partial charge < -0.3 is 9.88 Å². The molecule has 16 heavy (non-hydrogen) atoms. The summed E-state index contributed by atoms with van der Waals surface area (Å²) >= 11 is 0. The van der Waals surface area contributed by atoms with Crippen LogP contribution in [0.5, 0.6) is 0 Å². The fourth-order valence-corrected chi connectivity index (χ4v) is 2.15. The number of rotatable bonds is 6. The average Bonchev–Trinajstić information content (AvgIpc) is 2.83. The zero-order valence-corrected chi connectivity index (χ0v) is 9.81. The number of nitrogens with zero attached hydrogens (tertiary/aromatic N) is 2. The Morgan fingerprint density at radius 2 is 2.38 bits per heavy atom. The van der Waals surface area contributed by atoms with E-state index in [4.69, 9.17) is 0 Å². The first-order chi connectivity index (χ1) is 7.95. The van der Waals surface area contributed by atoms with Gasteiger partial charge in [0.15, 0.2) is 0 Å². The van der Waals surface area contributed by atoms with Crippen LogP contribution in [-0.2, 0) is 6.54 Å². The van der Waals surface area contributed by atoms with Gasteiger partial charge in [-0.15, -0.1) is 0 Å². The van der Waals surface area contributed by atoms with Crippen molar-refractivity contribution in [1.82, 2.24) is 14.9 Å². The number of hydrogen-bond donors (Lipinski definition) is 1. The minimum absolute atomic E-state index is 0.859. The van der Waals surface area contributed by atoms with Gasteiger partial charge in [-0.05, 0) is 44.7 Å². The highest BCUT2D eigenvalue weighted by Crippen LogP contribution is 2.16. The molecule has 2 rings (SSSR count). The molecule has 0 saturated heterocycles. The first-order valence-electron chi connectivity index (χ1n) is 6.26. The second kappa shape index (κ2) is 6.48. The molecule has 0 saturated carbocycles. The van der Waals surface area contributed by atoms with Crippen LogP contribution in [0, 0.1) is 5.92 Å². The standard InChI is InChI=1S/C13H21N3/c1-2-5-13(6-3-1)11-14-7-4-9-16-10-8-15-12-16/h1-2,8,10,12-14H,3-7,9,11H2. The predicted octanol–water partition coefficient (Wildman–Crippen LogP) is 2.22. The van der Waals surface area contributed by atoms with Crippen molar-refractivity contribution in [3.05, 3.63) is 30.9 Å². The van der Waals surface area contributed by atoms with E-state index < -0.39 is 0 Å². The lowest BCUT2D eigenvalue weighted by Gasteiger charge is -2.18. The first kappa shape index (κ1) is 11.4.